The zero-order valence-electron chi connectivity index (χ0n) is 10.6. The predicted octanol–water partition coefficient (Wildman–Crippen LogP) is 2.63. The number of thiophene rings is 1. The van der Waals surface area contributed by atoms with Gasteiger partial charge in [0.25, 0.3) is 0 Å². The Hall–Kier alpha value is -0.840. The van der Waals surface area contributed by atoms with E-state index in [1.165, 1.54) is 10.5 Å². The molecule has 1 saturated heterocycles. The Bertz CT molecular complexity index is 469. The first kappa shape index (κ1) is 13.6. The molecule has 1 N–H and O–H groups in total. The summed E-state index contributed by atoms with van der Waals surface area (Å²) in [6, 6.07) is 3.90. The van der Waals surface area contributed by atoms with E-state index in [0.29, 0.717) is 0 Å². The van der Waals surface area contributed by atoms with Gasteiger partial charge < -0.3 is 5.32 Å². The second kappa shape index (κ2) is 5.87. The molecule has 0 bridgehead atoms. The maximum atomic E-state index is 11.5. The Kier molecular flexibility index (Phi) is 4.43. The van der Waals surface area contributed by atoms with E-state index >= 15 is 0 Å². The Balaban J connectivity index is 1.99. The molecule has 18 heavy (non-hydrogen) atoms. The lowest BCUT2D eigenvalue weighted by molar-refractivity contribution is -0.127. The van der Waals surface area contributed by atoms with E-state index in [0.717, 1.165) is 24.0 Å². The van der Waals surface area contributed by atoms with Gasteiger partial charge in [-0.1, -0.05) is 17.7 Å². The van der Waals surface area contributed by atoms with Crippen molar-refractivity contribution in [2.75, 3.05) is 19.6 Å². The maximum absolute atomic E-state index is 11.5. The van der Waals surface area contributed by atoms with Gasteiger partial charge >= 0.3 is 0 Å². The first-order valence-corrected chi connectivity index (χ1v) is 7.21. The van der Waals surface area contributed by atoms with Gasteiger partial charge in [0.05, 0.1) is 10.4 Å². The number of amides is 1. The summed E-state index contributed by atoms with van der Waals surface area (Å²) in [6.45, 7) is 6.47. The summed E-state index contributed by atoms with van der Waals surface area (Å²) in [5, 5.41) is 2.87. The molecule has 3 nitrogen and oxygen atoms in total. The molecule has 2 heterocycles. The number of carbonyl (C=O) groups is 1. The molecule has 0 spiro atoms. The van der Waals surface area contributed by atoms with Crippen molar-refractivity contribution in [2.24, 2.45) is 0 Å². The van der Waals surface area contributed by atoms with Crippen molar-refractivity contribution >= 4 is 34.4 Å². The SMILES string of the molecule is CC(=CCN1CCNC(=O)[C@@H]1C)c1ccc(Cl)s1. The van der Waals surface area contributed by atoms with Gasteiger partial charge in [0.1, 0.15) is 0 Å². The fourth-order valence-electron chi connectivity index (χ4n) is 1.96. The minimum Gasteiger partial charge on any atom is -0.353 e. The van der Waals surface area contributed by atoms with Gasteiger partial charge in [-0.25, -0.2) is 0 Å². The van der Waals surface area contributed by atoms with Gasteiger partial charge in [0.15, 0.2) is 0 Å². The van der Waals surface area contributed by atoms with Crippen LogP contribution in [0.15, 0.2) is 18.2 Å². The normalized spacial score (nSPS) is 22.1. The fourth-order valence-corrected chi connectivity index (χ4v) is 3.00. The lowest BCUT2D eigenvalue weighted by atomic mass is 10.2. The molecule has 98 valence electrons. The Morgan fingerprint density at radius 1 is 1.67 bits per heavy atom. The minimum absolute atomic E-state index is 0.0466. The third-order valence-corrected chi connectivity index (χ3v) is 4.59. The number of piperazine rings is 1. The van der Waals surface area contributed by atoms with E-state index in [2.05, 4.69) is 23.2 Å². The molecular formula is C13H17ClN2OS. The van der Waals surface area contributed by atoms with Crippen LogP contribution in [-0.4, -0.2) is 36.5 Å². The average molecular weight is 285 g/mol. The van der Waals surface area contributed by atoms with Crippen LogP contribution in [0, 0.1) is 0 Å². The first-order valence-electron chi connectivity index (χ1n) is 6.02. The number of hydrogen-bond acceptors (Lipinski definition) is 3. The largest absolute Gasteiger partial charge is 0.353 e. The number of rotatable bonds is 3. The molecule has 2 rings (SSSR count). The smallest absolute Gasteiger partial charge is 0.237 e. The molecule has 1 aliphatic rings. The summed E-state index contributed by atoms with van der Waals surface area (Å²) in [5.74, 6) is 0.117. The standard InChI is InChI=1S/C13H17ClN2OS/c1-9(11-3-4-12(14)18-11)5-7-16-8-6-15-13(17)10(16)2/h3-5,10H,6-8H2,1-2H3,(H,15,17)/t10-/m0/s1. The Morgan fingerprint density at radius 3 is 3.11 bits per heavy atom. The highest BCUT2D eigenvalue weighted by Gasteiger charge is 2.24. The van der Waals surface area contributed by atoms with Crippen LogP contribution < -0.4 is 5.32 Å². The van der Waals surface area contributed by atoms with Crippen LogP contribution in [0.5, 0.6) is 0 Å². The van der Waals surface area contributed by atoms with Crippen molar-refractivity contribution < 1.29 is 4.79 Å². The van der Waals surface area contributed by atoms with E-state index in [-0.39, 0.29) is 11.9 Å². The molecule has 1 aliphatic heterocycles. The summed E-state index contributed by atoms with van der Waals surface area (Å²) in [5.41, 5.74) is 1.21. The predicted molar refractivity (Wildman–Crippen MR) is 77.0 cm³/mol. The number of nitrogens with one attached hydrogen (secondary N) is 1. The summed E-state index contributed by atoms with van der Waals surface area (Å²) < 4.78 is 0.809. The summed E-state index contributed by atoms with van der Waals surface area (Å²) in [4.78, 5) is 14.9. The molecule has 1 atom stereocenters. The van der Waals surface area contributed by atoms with Gasteiger partial charge in [-0.15, -0.1) is 11.3 Å². The highest BCUT2D eigenvalue weighted by molar-refractivity contribution is 7.17. The third-order valence-electron chi connectivity index (χ3n) is 3.22. The average Bonchev–Trinajstić information content (AvgIpc) is 2.77. The van der Waals surface area contributed by atoms with Crippen LogP contribution in [0.25, 0.3) is 5.57 Å². The lowest BCUT2D eigenvalue weighted by Gasteiger charge is -2.31. The lowest BCUT2D eigenvalue weighted by Crippen LogP contribution is -2.53. The molecule has 0 aliphatic carbocycles. The Morgan fingerprint density at radius 2 is 2.44 bits per heavy atom. The molecule has 0 unspecified atom stereocenters. The Labute approximate surface area is 116 Å². The molecule has 0 radical (unpaired) electrons. The maximum Gasteiger partial charge on any atom is 0.237 e. The van der Waals surface area contributed by atoms with Gasteiger partial charge in [-0.2, -0.15) is 0 Å². The van der Waals surface area contributed by atoms with Crippen molar-refractivity contribution in [3.8, 4) is 0 Å². The quantitative estimate of drug-likeness (QED) is 0.925. The van der Waals surface area contributed by atoms with Gasteiger partial charge in [0.2, 0.25) is 5.91 Å². The molecule has 1 aromatic rings. The number of allylic oxidation sites excluding steroid dienone is 1. The molecule has 1 fully saturated rings. The summed E-state index contributed by atoms with van der Waals surface area (Å²) in [7, 11) is 0. The van der Waals surface area contributed by atoms with Crippen molar-refractivity contribution in [3.05, 3.63) is 27.4 Å². The van der Waals surface area contributed by atoms with E-state index in [1.807, 2.05) is 19.1 Å². The van der Waals surface area contributed by atoms with Crippen LogP contribution in [0.2, 0.25) is 4.34 Å². The van der Waals surface area contributed by atoms with E-state index in [4.69, 9.17) is 11.6 Å². The van der Waals surface area contributed by atoms with E-state index in [9.17, 15) is 4.79 Å². The number of carbonyl (C=O) groups excluding carboxylic acids is 1. The van der Waals surface area contributed by atoms with Crippen LogP contribution >= 0.6 is 22.9 Å². The second-order valence-corrected chi connectivity index (χ2v) is 6.17. The summed E-state index contributed by atoms with van der Waals surface area (Å²) >= 11 is 7.51. The first-order chi connectivity index (χ1) is 8.58. The number of nitrogens with zero attached hydrogens (tertiary/aromatic N) is 1. The van der Waals surface area contributed by atoms with E-state index < -0.39 is 0 Å². The topological polar surface area (TPSA) is 32.3 Å². The third kappa shape index (κ3) is 3.13. The van der Waals surface area contributed by atoms with Gasteiger partial charge in [0, 0.05) is 24.5 Å². The highest BCUT2D eigenvalue weighted by atomic mass is 35.5. The van der Waals surface area contributed by atoms with Crippen molar-refractivity contribution in [1.29, 1.82) is 0 Å². The molecular weight excluding hydrogens is 268 g/mol. The fraction of sp³-hybridized carbons (Fsp3) is 0.462. The van der Waals surface area contributed by atoms with Crippen LogP contribution in [0.3, 0.4) is 0 Å². The monoisotopic (exact) mass is 284 g/mol. The van der Waals surface area contributed by atoms with Gasteiger partial charge in [-0.05, 0) is 31.6 Å². The number of hydrogen-bond donors (Lipinski definition) is 1. The number of halogens is 1. The minimum atomic E-state index is -0.0466. The van der Waals surface area contributed by atoms with Crippen LogP contribution in [-0.2, 0) is 4.79 Å². The zero-order chi connectivity index (χ0) is 13.1. The van der Waals surface area contributed by atoms with E-state index in [1.54, 1.807) is 11.3 Å². The second-order valence-electron chi connectivity index (χ2n) is 4.45. The van der Waals surface area contributed by atoms with Crippen LogP contribution in [0.1, 0.15) is 18.7 Å². The molecule has 0 aromatic carbocycles. The van der Waals surface area contributed by atoms with Crippen molar-refractivity contribution in [3.63, 3.8) is 0 Å². The molecule has 5 heteroatoms. The molecule has 1 aromatic heterocycles. The molecule has 1 amide bonds. The highest BCUT2D eigenvalue weighted by Crippen LogP contribution is 2.27. The van der Waals surface area contributed by atoms with Gasteiger partial charge in [-0.3, -0.25) is 9.69 Å². The summed E-state index contributed by atoms with van der Waals surface area (Å²) in [6.07, 6.45) is 2.16. The zero-order valence-corrected chi connectivity index (χ0v) is 12.1. The van der Waals surface area contributed by atoms with Crippen LogP contribution in [0.4, 0.5) is 0 Å². The van der Waals surface area contributed by atoms with Crippen molar-refractivity contribution in [1.82, 2.24) is 10.2 Å². The van der Waals surface area contributed by atoms with Crippen molar-refractivity contribution in [2.45, 2.75) is 19.9 Å². The molecule has 0 saturated carbocycles.